The number of rotatable bonds is 7. The maximum atomic E-state index is 4.48. The molecule has 4 aromatic heterocycles. The fourth-order valence-corrected chi connectivity index (χ4v) is 7.45. The van der Waals surface area contributed by atoms with Crippen molar-refractivity contribution < 1.29 is 0 Å². The molecule has 6 aromatic carbocycles. The molecule has 4 heterocycles. The van der Waals surface area contributed by atoms with Crippen molar-refractivity contribution in [1.29, 1.82) is 0 Å². The summed E-state index contributed by atoms with van der Waals surface area (Å²) in [6.45, 7) is 0. The lowest BCUT2D eigenvalue weighted by Crippen LogP contribution is -2.10. The predicted octanol–water partition coefficient (Wildman–Crippen LogP) is 11.7. The zero-order chi connectivity index (χ0) is 35.1. The summed E-state index contributed by atoms with van der Waals surface area (Å²) in [5.74, 6) is 0.704. The summed E-state index contributed by atoms with van der Waals surface area (Å²) in [5, 5.41) is 3.58. The van der Waals surface area contributed by atoms with Gasteiger partial charge in [0, 0.05) is 81.1 Å². The number of hydrogen-bond donors (Lipinski definition) is 0. The van der Waals surface area contributed by atoms with E-state index < -0.39 is 0 Å². The Labute approximate surface area is 306 Å². The van der Waals surface area contributed by atoms with Gasteiger partial charge in [-0.05, 0) is 126 Å². The van der Waals surface area contributed by atoms with E-state index in [4.69, 9.17) is 0 Å². The van der Waals surface area contributed by atoms with Crippen LogP contribution in [0.1, 0.15) is 0 Å². The Balaban J connectivity index is 1.17. The average molecular weight is 681 g/mol. The number of hydrogen-bond acceptors (Lipinski definition) is 4. The molecule has 250 valence electrons. The molecule has 53 heavy (non-hydrogen) atoms. The molecule has 0 saturated carbocycles. The summed E-state index contributed by atoms with van der Waals surface area (Å²) in [5.41, 5.74) is 12.1. The van der Waals surface area contributed by atoms with Crippen molar-refractivity contribution in [3.63, 3.8) is 0 Å². The zero-order valence-electron chi connectivity index (χ0n) is 28.7. The number of benzene rings is 6. The summed E-state index contributed by atoms with van der Waals surface area (Å²) in [6, 6.07) is 58.1. The van der Waals surface area contributed by atoms with E-state index in [1.54, 1.807) is 12.4 Å². The molecular weight excluding hydrogens is 649 g/mol. The minimum atomic E-state index is 0.704. The number of para-hydroxylation sites is 2. The van der Waals surface area contributed by atoms with Gasteiger partial charge in [0.25, 0.3) is 0 Å². The Morgan fingerprint density at radius 3 is 1.72 bits per heavy atom. The van der Waals surface area contributed by atoms with Crippen LogP contribution in [0.15, 0.2) is 195 Å². The van der Waals surface area contributed by atoms with Gasteiger partial charge in [0.2, 0.25) is 0 Å². The van der Waals surface area contributed by atoms with Gasteiger partial charge in [-0.1, -0.05) is 48.5 Å². The van der Waals surface area contributed by atoms with E-state index in [2.05, 4.69) is 181 Å². The van der Waals surface area contributed by atoms with Gasteiger partial charge in [0.15, 0.2) is 5.82 Å². The van der Waals surface area contributed by atoms with Gasteiger partial charge in [0.1, 0.15) is 0 Å². The molecule has 0 unspecified atom stereocenters. The number of aromatic nitrogens is 5. The molecule has 0 bridgehead atoms. The lowest BCUT2D eigenvalue weighted by Gasteiger charge is -2.26. The van der Waals surface area contributed by atoms with E-state index in [0.29, 0.717) is 5.82 Å². The molecule has 0 N–H and O–H groups in total. The van der Waals surface area contributed by atoms with Crippen molar-refractivity contribution in [2.45, 2.75) is 0 Å². The lowest BCUT2D eigenvalue weighted by atomic mass is 10.1. The molecule has 0 radical (unpaired) electrons. The quantitative estimate of drug-likeness (QED) is 0.168. The average Bonchev–Trinajstić information content (AvgIpc) is 3.80. The molecule has 6 heteroatoms. The minimum absolute atomic E-state index is 0.704. The molecule has 0 spiro atoms. The largest absolute Gasteiger partial charge is 0.316 e. The molecule has 10 rings (SSSR count). The van der Waals surface area contributed by atoms with E-state index >= 15 is 0 Å². The van der Waals surface area contributed by atoms with E-state index in [1.165, 1.54) is 21.7 Å². The van der Waals surface area contributed by atoms with Gasteiger partial charge in [0.05, 0.1) is 16.6 Å². The monoisotopic (exact) mass is 680 g/mol. The van der Waals surface area contributed by atoms with Crippen molar-refractivity contribution in [3.05, 3.63) is 195 Å². The second-order valence-electron chi connectivity index (χ2n) is 13.1. The first kappa shape index (κ1) is 30.5. The van der Waals surface area contributed by atoms with Crippen LogP contribution in [0.4, 0.5) is 17.1 Å². The minimum Gasteiger partial charge on any atom is -0.316 e. The normalized spacial score (nSPS) is 11.4. The second-order valence-corrected chi connectivity index (χ2v) is 13.1. The van der Waals surface area contributed by atoms with Gasteiger partial charge in [-0.25, -0.2) is 9.97 Å². The third kappa shape index (κ3) is 5.41. The van der Waals surface area contributed by atoms with Crippen LogP contribution in [0, 0.1) is 0 Å². The molecule has 0 amide bonds. The van der Waals surface area contributed by atoms with Gasteiger partial charge in [-0.3, -0.25) is 4.98 Å². The van der Waals surface area contributed by atoms with Crippen molar-refractivity contribution in [3.8, 4) is 33.9 Å². The number of nitrogens with zero attached hydrogens (tertiary/aromatic N) is 6. The Bertz CT molecular complexity index is 2760. The summed E-state index contributed by atoms with van der Waals surface area (Å²) in [4.78, 5) is 15.5. The maximum absolute atomic E-state index is 4.48. The topological polar surface area (TPSA) is 51.8 Å². The van der Waals surface area contributed by atoms with E-state index in [1.807, 2.05) is 30.6 Å². The molecule has 0 atom stereocenters. The number of anilines is 3. The van der Waals surface area contributed by atoms with Gasteiger partial charge >= 0.3 is 0 Å². The highest BCUT2D eigenvalue weighted by Gasteiger charge is 2.19. The fraction of sp³-hybridized carbons (Fsp3) is 0. The third-order valence-electron chi connectivity index (χ3n) is 9.96. The zero-order valence-corrected chi connectivity index (χ0v) is 28.7. The van der Waals surface area contributed by atoms with Crippen molar-refractivity contribution in [2.24, 2.45) is 0 Å². The molecule has 0 aliphatic carbocycles. The molecule has 0 aliphatic rings. The molecule has 0 aliphatic heterocycles. The summed E-state index contributed by atoms with van der Waals surface area (Å²) in [7, 11) is 0. The van der Waals surface area contributed by atoms with Crippen LogP contribution in [0.25, 0.3) is 66.6 Å². The van der Waals surface area contributed by atoms with Gasteiger partial charge < -0.3 is 14.0 Å². The second kappa shape index (κ2) is 12.8. The van der Waals surface area contributed by atoms with Crippen molar-refractivity contribution in [1.82, 2.24) is 24.1 Å². The van der Waals surface area contributed by atoms with Crippen LogP contribution in [0.3, 0.4) is 0 Å². The maximum Gasteiger partial charge on any atom is 0.159 e. The summed E-state index contributed by atoms with van der Waals surface area (Å²) < 4.78 is 4.66. The van der Waals surface area contributed by atoms with Crippen molar-refractivity contribution in [2.75, 3.05) is 4.90 Å². The number of fused-ring (bicyclic) bond motifs is 4. The summed E-state index contributed by atoms with van der Waals surface area (Å²) in [6.07, 6.45) is 9.38. The van der Waals surface area contributed by atoms with Gasteiger partial charge in [-0.2, -0.15) is 0 Å². The molecule has 0 saturated heterocycles. The Hall–Kier alpha value is -7.31. The van der Waals surface area contributed by atoms with Crippen LogP contribution in [0.2, 0.25) is 0 Å². The van der Waals surface area contributed by atoms with Crippen molar-refractivity contribution >= 4 is 49.8 Å². The highest BCUT2D eigenvalue weighted by molar-refractivity contribution is 6.14. The van der Waals surface area contributed by atoms with Crippen LogP contribution in [-0.4, -0.2) is 24.1 Å². The molecular formula is C47H32N6. The highest BCUT2D eigenvalue weighted by Crippen LogP contribution is 2.41. The fourth-order valence-electron chi connectivity index (χ4n) is 7.45. The molecule has 0 fully saturated rings. The first-order valence-corrected chi connectivity index (χ1v) is 17.7. The lowest BCUT2D eigenvalue weighted by molar-refractivity contribution is 1.12. The predicted molar refractivity (Wildman–Crippen MR) is 217 cm³/mol. The first-order valence-electron chi connectivity index (χ1n) is 17.7. The van der Waals surface area contributed by atoms with E-state index in [-0.39, 0.29) is 0 Å². The van der Waals surface area contributed by atoms with E-state index in [0.717, 1.165) is 56.2 Å². The first-order chi connectivity index (χ1) is 26.3. The summed E-state index contributed by atoms with van der Waals surface area (Å²) >= 11 is 0. The van der Waals surface area contributed by atoms with Crippen LogP contribution in [0.5, 0.6) is 0 Å². The Morgan fingerprint density at radius 2 is 1.02 bits per heavy atom. The SMILES string of the molecule is c1ccc(-n2ccc3cc4c5cc(N(c6ccc(-c7ccncc7)cc6)c6ccc(-c7ncccn7)cc6)ccc5n(-c5ccccc5)c4cc32)cc1. The van der Waals surface area contributed by atoms with Crippen LogP contribution < -0.4 is 4.90 Å². The Morgan fingerprint density at radius 1 is 0.415 bits per heavy atom. The number of pyridine rings is 1. The van der Waals surface area contributed by atoms with Gasteiger partial charge in [-0.15, -0.1) is 0 Å². The molecule has 6 nitrogen and oxygen atoms in total. The molecule has 10 aromatic rings. The third-order valence-corrected chi connectivity index (χ3v) is 9.96. The van der Waals surface area contributed by atoms with E-state index in [9.17, 15) is 0 Å². The highest BCUT2D eigenvalue weighted by atomic mass is 15.1. The standard InChI is InChI=1S/C47H32N6/c1-3-8-37(9-4-1)51-29-24-36-30-42-43-31-41(20-21-44(43)53(46(42)32-45(36)51)38-10-5-2-6-11-38)52(39-16-12-33(13-17-39)34-22-27-48-28-23-34)40-18-14-35(15-19-40)47-49-25-7-26-50-47/h1-32H. The van der Waals surface area contributed by atoms with Crippen LogP contribution in [-0.2, 0) is 0 Å². The van der Waals surface area contributed by atoms with Crippen LogP contribution >= 0.6 is 0 Å². The Kier molecular flexibility index (Phi) is 7.36. The smallest absolute Gasteiger partial charge is 0.159 e.